The first-order valence-electron chi connectivity index (χ1n) is 5.69. The molecule has 0 bridgehead atoms. The van der Waals surface area contributed by atoms with Crippen LogP contribution in [0.3, 0.4) is 0 Å². The van der Waals surface area contributed by atoms with Crippen LogP contribution in [0.1, 0.15) is 20.8 Å². The normalized spacial score (nSPS) is 28.1. The summed E-state index contributed by atoms with van der Waals surface area (Å²) >= 11 is 0. The summed E-state index contributed by atoms with van der Waals surface area (Å²) < 4.78 is 10.4. The smallest absolute Gasteiger partial charge is 0.410 e. The number of ether oxygens (including phenoxy) is 2. The highest BCUT2D eigenvalue weighted by Crippen LogP contribution is 2.26. The lowest BCUT2D eigenvalue weighted by molar-refractivity contribution is 0.0249. The molecule has 2 rings (SSSR count). The lowest BCUT2D eigenvalue weighted by Crippen LogP contribution is -2.39. The van der Waals surface area contributed by atoms with Crippen LogP contribution in [0.15, 0.2) is 0 Å². The fourth-order valence-electron chi connectivity index (χ4n) is 2.07. The summed E-state index contributed by atoms with van der Waals surface area (Å²) in [6.07, 6.45) is -0.889. The largest absolute Gasteiger partial charge is 0.444 e. The maximum Gasteiger partial charge on any atom is 0.410 e. The van der Waals surface area contributed by atoms with E-state index in [0.717, 1.165) is 0 Å². The van der Waals surface area contributed by atoms with Crippen LogP contribution in [0.5, 0.6) is 0 Å². The van der Waals surface area contributed by atoms with Crippen molar-refractivity contribution >= 4 is 12.2 Å². The molecule has 6 nitrogen and oxygen atoms in total. The molecule has 0 aromatic carbocycles. The molecule has 17 heavy (non-hydrogen) atoms. The zero-order valence-corrected chi connectivity index (χ0v) is 10.6. The molecule has 2 atom stereocenters. The Morgan fingerprint density at radius 3 is 2.59 bits per heavy atom. The monoisotopic (exact) mass is 242 g/mol. The van der Waals surface area contributed by atoms with Gasteiger partial charge in [-0.3, -0.25) is 0 Å². The fraction of sp³-hybridized carbons (Fsp3) is 0.818. The van der Waals surface area contributed by atoms with E-state index in [1.54, 1.807) is 11.9 Å². The minimum atomic E-state index is -0.503. The van der Waals surface area contributed by atoms with Gasteiger partial charge in [-0.2, -0.15) is 0 Å². The third kappa shape index (κ3) is 2.30. The van der Waals surface area contributed by atoms with E-state index in [9.17, 15) is 9.59 Å². The van der Waals surface area contributed by atoms with Gasteiger partial charge >= 0.3 is 12.2 Å². The first-order chi connectivity index (χ1) is 7.78. The number of hydrogen-bond donors (Lipinski definition) is 0. The van der Waals surface area contributed by atoms with E-state index in [1.807, 2.05) is 20.8 Å². The Morgan fingerprint density at radius 1 is 1.41 bits per heavy atom. The van der Waals surface area contributed by atoms with Gasteiger partial charge in [0.1, 0.15) is 11.7 Å². The molecule has 0 aliphatic carbocycles. The molecule has 0 aromatic rings. The Labute approximate surface area is 100 Å². The fourth-order valence-corrected chi connectivity index (χ4v) is 2.07. The molecule has 2 saturated heterocycles. The van der Waals surface area contributed by atoms with Crippen molar-refractivity contribution in [2.75, 3.05) is 20.1 Å². The van der Waals surface area contributed by atoms with Gasteiger partial charge in [0.05, 0.1) is 12.6 Å². The zero-order chi connectivity index (χ0) is 12.8. The van der Waals surface area contributed by atoms with Crippen LogP contribution in [0.4, 0.5) is 9.59 Å². The number of rotatable bonds is 0. The average Bonchev–Trinajstić information content (AvgIpc) is 2.66. The van der Waals surface area contributed by atoms with Gasteiger partial charge in [-0.25, -0.2) is 9.59 Å². The SMILES string of the molecule is CN1C(=O)OC2CN(C(=O)OC(C)(C)C)CC21. The molecule has 2 aliphatic rings. The van der Waals surface area contributed by atoms with Crippen LogP contribution in [-0.4, -0.2) is 59.9 Å². The Morgan fingerprint density at radius 2 is 2.06 bits per heavy atom. The molecule has 0 radical (unpaired) electrons. The molecule has 96 valence electrons. The number of amides is 2. The quantitative estimate of drug-likeness (QED) is 0.637. The lowest BCUT2D eigenvalue weighted by atomic mass is 10.2. The van der Waals surface area contributed by atoms with Crippen molar-refractivity contribution in [3.05, 3.63) is 0 Å². The summed E-state index contributed by atoms with van der Waals surface area (Å²) in [4.78, 5) is 26.2. The highest BCUT2D eigenvalue weighted by molar-refractivity contribution is 5.73. The number of carbonyl (C=O) groups excluding carboxylic acids is 2. The molecule has 2 fully saturated rings. The van der Waals surface area contributed by atoms with Crippen molar-refractivity contribution < 1.29 is 19.1 Å². The molecular weight excluding hydrogens is 224 g/mol. The van der Waals surface area contributed by atoms with E-state index in [1.165, 1.54) is 4.90 Å². The zero-order valence-electron chi connectivity index (χ0n) is 10.6. The molecular formula is C11H18N2O4. The maximum absolute atomic E-state index is 11.8. The van der Waals surface area contributed by atoms with Gasteiger partial charge in [-0.05, 0) is 20.8 Å². The van der Waals surface area contributed by atoms with Gasteiger partial charge in [-0.1, -0.05) is 0 Å². The van der Waals surface area contributed by atoms with Crippen LogP contribution < -0.4 is 0 Å². The molecule has 0 aromatic heterocycles. The van der Waals surface area contributed by atoms with Crippen LogP contribution >= 0.6 is 0 Å². The Hall–Kier alpha value is -1.46. The van der Waals surface area contributed by atoms with Gasteiger partial charge in [-0.15, -0.1) is 0 Å². The number of fused-ring (bicyclic) bond motifs is 1. The molecule has 2 aliphatic heterocycles. The number of likely N-dealkylation sites (N-methyl/N-ethyl adjacent to an activating group) is 1. The topological polar surface area (TPSA) is 59.1 Å². The second kappa shape index (κ2) is 3.78. The van der Waals surface area contributed by atoms with Crippen molar-refractivity contribution in [2.45, 2.75) is 38.5 Å². The first-order valence-corrected chi connectivity index (χ1v) is 5.69. The van der Waals surface area contributed by atoms with Gasteiger partial charge < -0.3 is 19.3 Å². The van der Waals surface area contributed by atoms with Crippen molar-refractivity contribution in [1.82, 2.24) is 9.80 Å². The maximum atomic E-state index is 11.8. The van der Waals surface area contributed by atoms with Crippen molar-refractivity contribution in [1.29, 1.82) is 0 Å². The summed E-state index contributed by atoms with van der Waals surface area (Å²) in [6, 6.07) is -0.0463. The van der Waals surface area contributed by atoms with E-state index in [4.69, 9.17) is 9.47 Å². The Kier molecular flexibility index (Phi) is 2.67. The summed E-state index contributed by atoms with van der Waals surface area (Å²) in [5, 5.41) is 0. The lowest BCUT2D eigenvalue weighted by Gasteiger charge is -2.25. The molecule has 2 amide bonds. The third-order valence-electron chi connectivity index (χ3n) is 2.93. The van der Waals surface area contributed by atoms with Gasteiger partial charge in [0.25, 0.3) is 0 Å². The minimum Gasteiger partial charge on any atom is -0.444 e. The molecule has 2 heterocycles. The third-order valence-corrected chi connectivity index (χ3v) is 2.93. The van der Waals surface area contributed by atoms with Crippen molar-refractivity contribution in [3.8, 4) is 0 Å². The second-order valence-electron chi connectivity index (χ2n) is 5.49. The van der Waals surface area contributed by atoms with Gasteiger partial charge in [0.15, 0.2) is 0 Å². The van der Waals surface area contributed by atoms with Crippen molar-refractivity contribution in [3.63, 3.8) is 0 Å². The Bertz CT molecular complexity index is 350. The highest BCUT2D eigenvalue weighted by atomic mass is 16.6. The van der Waals surface area contributed by atoms with Crippen molar-refractivity contribution in [2.24, 2.45) is 0 Å². The number of nitrogens with zero attached hydrogens (tertiary/aromatic N) is 2. The predicted octanol–water partition coefficient (Wildman–Crippen LogP) is 1.06. The minimum absolute atomic E-state index is 0.0463. The van der Waals surface area contributed by atoms with Crippen LogP contribution in [0, 0.1) is 0 Å². The Balaban J connectivity index is 1.96. The van der Waals surface area contributed by atoms with E-state index in [2.05, 4.69) is 0 Å². The summed E-state index contributed by atoms with van der Waals surface area (Å²) in [7, 11) is 1.69. The van der Waals surface area contributed by atoms with E-state index >= 15 is 0 Å². The van der Waals surface area contributed by atoms with Crippen LogP contribution in [0.25, 0.3) is 0 Å². The van der Waals surface area contributed by atoms with Crippen LogP contribution in [0.2, 0.25) is 0 Å². The highest BCUT2D eigenvalue weighted by Gasteiger charge is 2.47. The molecule has 6 heteroatoms. The second-order valence-corrected chi connectivity index (χ2v) is 5.49. The van der Waals surface area contributed by atoms with Gasteiger partial charge in [0.2, 0.25) is 0 Å². The average molecular weight is 242 g/mol. The number of hydrogen-bond acceptors (Lipinski definition) is 4. The predicted molar refractivity (Wildman–Crippen MR) is 59.6 cm³/mol. The molecule has 2 unspecified atom stereocenters. The van der Waals surface area contributed by atoms with Gasteiger partial charge in [0, 0.05) is 13.6 Å². The summed E-state index contributed by atoms with van der Waals surface area (Å²) in [6.45, 7) is 6.37. The van der Waals surface area contributed by atoms with Crippen LogP contribution in [-0.2, 0) is 9.47 Å². The van der Waals surface area contributed by atoms with E-state index in [-0.39, 0.29) is 24.3 Å². The molecule has 0 N–H and O–H groups in total. The summed E-state index contributed by atoms with van der Waals surface area (Å²) in [5.41, 5.74) is -0.503. The molecule has 0 spiro atoms. The van der Waals surface area contributed by atoms with E-state index < -0.39 is 5.60 Å². The number of likely N-dealkylation sites (tertiary alicyclic amines) is 1. The first kappa shape index (κ1) is 12.0. The summed E-state index contributed by atoms with van der Waals surface area (Å²) in [5.74, 6) is 0. The molecule has 0 saturated carbocycles. The number of carbonyl (C=O) groups is 2. The standard InChI is InChI=1S/C11H18N2O4/c1-11(2,3)17-10(15)13-5-7-8(6-13)16-9(14)12(7)4/h7-8H,5-6H2,1-4H3. The van der Waals surface area contributed by atoms with E-state index in [0.29, 0.717) is 13.1 Å².